The van der Waals surface area contributed by atoms with Crippen LogP contribution in [0.3, 0.4) is 0 Å². The minimum Gasteiger partial charge on any atom is -0.322 e. The normalized spacial score (nSPS) is 13.3. The van der Waals surface area contributed by atoms with Crippen LogP contribution < -0.4 is 10.5 Å². The number of nitrogens with one attached hydrogen (secondary N) is 1. The Morgan fingerprint density at radius 3 is 2.45 bits per heavy atom. The van der Waals surface area contributed by atoms with E-state index in [0.29, 0.717) is 38.6 Å². The van der Waals surface area contributed by atoms with Gasteiger partial charge in [0.2, 0.25) is 0 Å². The van der Waals surface area contributed by atoms with Gasteiger partial charge in [0.15, 0.2) is 5.82 Å². The lowest BCUT2D eigenvalue weighted by Crippen LogP contribution is -2.17. The lowest BCUT2D eigenvalue weighted by atomic mass is 9.95. The first-order chi connectivity index (χ1) is 15.6. The molecule has 0 bridgehead atoms. The molecule has 6 nitrogen and oxygen atoms in total. The predicted octanol–water partition coefficient (Wildman–Crippen LogP) is 5.17. The SMILES string of the molecule is Cn1nc(NS(C)=O)c2c(Cl)ccc(-c3ccc(Cl)nc3C(N)Cc3cc(F)cc(F)c3)c21. The number of rotatable bonds is 6. The zero-order chi connectivity index (χ0) is 23.9. The van der Waals surface area contributed by atoms with Crippen molar-refractivity contribution < 1.29 is 13.0 Å². The predicted molar refractivity (Wildman–Crippen MR) is 129 cm³/mol. The summed E-state index contributed by atoms with van der Waals surface area (Å²) in [5.74, 6) is -0.985. The van der Waals surface area contributed by atoms with Crippen LogP contribution >= 0.6 is 23.2 Å². The molecule has 0 saturated heterocycles. The third-order valence-corrected chi connectivity index (χ3v) is 6.09. The van der Waals surface area contributed by atoms with E-state index in [-0.39, 0.29) is 11.6 Å². The van der Waals surface area contributed by atoms with Crippen molar-refractivity contribution in [2.45, 2.75) is 12.5 Å². The summed E-state index contributed by atoms with van der Waals surface area (Å²) < 4.78 is 43.5. The first-order valence-corrected chi connectivity index (χ1v) is 12.1. The molecule has 0 radical (unpaired) electrons. The third kappa shape index (κ3) is 4.86. The summed E-state index contributed by atoms with van der Waals surface area (Å²) in [4.78, 5) is 4.43. The van der Waals surface area contributed by atoms with Crippen molar-refractivity contribution >= 4 is 50.9 Å². The van der Waals surface area contributed by atoms with E-state index in [1.165, 1.54) is 18.4 Å². The summed E-state index contributed by atoms with van der Waals surface area (Å²) in [6.07, 6.45) is 1.63. The molecule has 3 N–H and O–H groups in total. The first kappa shape index (κ1) is 23.6. The van der Waals surface area contributed by atoms with Gasteiger partial charge in [-0.2, -0.15) is 5.10 Å². The number of nitrogens with zero attached hydrogens (tertiary/aromatic N) is 3. The summed E-state index contributed by atoms with van der Waals surface area (Å²) >= 11 is 12.6. The highest BCUT2D eigenvalue weighted by atomic mass is 35.5. The minimum absolute atomic E-state index is 0.138. The summed E-state index contributed by atoms with van der Waals surface area (Å²) in [6, 6.07) is 9.48. The maximum atomic E-state index is 13.7. The van der Waals surface area contributed by atoms with Crippen LogP contribution in [0.15, 0.2) is 42.5 Å². The Bertz CT molecular complexity index is 1370. The van der Waals surface area contributed by atoms with Gasteiger partial charge in [-0.05, 0) is 42.3 Å². The van der Waals surface area contributed by atoms with Gasteiger partial charge >= 0.3 is 0 Å². The lowest BCUT2D eigenvalue weighted by molar-refractivity contribution is 0.576. The van der Waals surface area contributed by atoms with Gasteiger partial charge < -0.3 is 5.73 Å². The van der Waals surface area contributed by atoms with Crippen LogP contribution in [0.2, 0.25) is 10.2 Å². The molecule has 2 aromatic heterocycles. The number of hydrogen-bond donors (Lipinski definition) is 2. The van der Waals surface area contributed by atoms with Crippen LogP contribution in [0.1, 0.15) is 17.3 Å². The Kier molecular flexibility index (Phi) is 6.67. The van der Waals surface area contributed by atoms with Crippen LogP contribution in [0.25, 0.3) is 22.0 Å². The van der Waals surface area contributed by atoms with Crippen molar-refractivity contribution in [3.8, 4) is 11.1 Å². The Morgan fingerprint density at radius 2 is 1.79 bits per heavy atom. The van der Waals surface area contributed by atoms with E-state index in [4.69, 9.17) is 28.9 Å². The van der Waals surface area contributed by atoms with E-state index in [9.17, 15) is 13.0 Å². The van der Waals surface area contributed by atoms with Gasteiger partial charge in [0.05, 0.1) is 27.7 Å². The molecule has 4 rings (SSSR count). The first-order valence-electron chi connectivity index (χ1n) is 9.76. The fourth-order valence-electron chi connectivity index (χ4n) is 3.84. The number of aromatic nitrogens is 3. The number of aryl methyl sites for hydroxylation is 1. The smallest absolute Gasteiger partial charge is 0.169 e. The standard InChI is InChI=1S/C22H19Cl2F2N5OS/c1-31-21-15(3-5-16(23)19(21)22(29-31)30-33(2)32)14-4-6-18(24)28-20(14)17(27)9-11-7-12(25)10-13(26)8-11/h3-8,10,17H,9,27H2,1-2H3,(H,29,30). The van der Waals surface area contributed by atoms with Crippen LogP contribution in [0, 0.1) is 11.6 Å². The average Bonchev–Trinajstić information content (AvgIpc) is 3.04. The molecule has 0 amide bonds. The molecule has 0 fully saturated rings. The van der Waals surface area contributed by atoms with Crippen LogP contribution in [-0.2, 0) is 24.5 Å². The van der Waals surface area contributed by atoms with Gasteiger partial charge in [0.25, 0.3) is 0 Å². The summed E-state index contributed by atoms with van der Waals surface area (Å²) in [5.41, 5.74) is 9.35. The largest absolute Gasteiger partial charge is 0.322 e. The van der Waals surface area contributed by atoms with E-state index in [1.54, 1.807) is 29.9 Å². The van der Waals surface area contributed by atoms with Crippen molar-refractivity contribution in [2.75, 3.05) is 11.0 Å². The van der Waals surface area contributed by atoms with Crippen molar-refractivity contribution in [3.05, 3.63) is 75.5 Å². The average molecular weight is 510 g/mol. The molecular formula is C22H19Cl2F2N5OS. The molecular weight excluding hydrogens is 491 g/mol. The summed E-state index contributed by atoms with van der Waals surface area (Å²) in [7, 11) is 0.385. The second-order valence-electron chi connectivity index (χ2n) is 7.50. The van der Waals surface area contributed by atoms with Crippen molar-refractivity contribution in [1.82, 2.24) is 14.8 Å². The fraction of sp³-hybridized carbons (Fsp3) is 0.182. The van der Waals surface area contributed by atoms with E-state index < -0.39 is 28.7 Å². The Labute approximate surface area is 201 Å². The van der Waals surface area contributed by atoms with Crippen LogP contribution in [0.4, 0.5) is 14.6 Å². The zero-order valence-corrected chi connectivity index (χ0v) is 19.9. The molecule has 33 heavy (non-hydrogen) atoms. The molecule has 2 atom stereocenters. The maximum Gasteiger partial charge on any atom is 0.169 e. The van der Waals surface area contributed by atoms with Gasteiger partial charge in [-0.1, -0.05) is 29.3 Å². The van der Waals surface area contributed by atoms with Gasteiger partial charge in [0, 0.05) is 30.5 Å². The lowest BCUT2D eigenvalue weighted by Gasteiger charge is -2.17. The molecule has 0 saturated carbocycles. The molecule has 4 aromatic rings. The minimum atomic E-state index is -1.36. The summed E-state index contributed by atoms with van der Waals surface area (Å²) in [5, 5.41) is 5.67. The zero-order valence-electron chi connectivity index (χ0n) is 17.6. The number of benzene rings is 2. The van der Waals surface area contributed by atoms with Crippen LogP contribution in [-0.4, -0.2) is 25.2 Å². The van der Waals surface area contributed by atoms with Crippen molar-refractivity contribution in [2.24, 2.45) is 12.8 Å². The van der Waals surface area contributed by atoms with E-state index >= 15 is 0 Å². The third-order valence-electron chi connectivity index (χ3n) is 5.09. The Morgan fingerprint density at radius 1 is 1.12 bits per heavy atom. The van der Waals surface area contributed by atoms with Gasteiger partial charge in [-0.3, -0.25) is 9.40 Å². The maximum absolute atomic E-state index is 13.7. The number of pyridine rings is 1. The molecule has 172 valence electrons. The topological polar surface area (TPSA) is 85.8 Å². The highest BCUT2D eigenvalue weighted by molar-refractivity contribution is 7.85. The molecule has 0 spiro atoms. The molecule has 0 aliphatic heterocycles. The molecule has 2 aromatic carbocycles. The highest BCUT2D eigenvalue weighted by Crippen LogP contribution is 2.39. The van der Waals surface area contributed by atoms with Crippen molar-refractivity contribution in [1.29, 1.82) is 0 Å². The Hall–Kier alpha value is -2.59. The molecule has 0 aliphatic carbocycles. The monoisotopic (exact) mass is 509 g/mol. The highest BCUT2D eigenvalue weighted by Gasteiger charge is 2.22. The molecule has 11 heteroatoms. The molecule has 0 aliphatic rings. The van der Waals surface area contributed by atoms with E-state index in [0.717, 1.165) is 11.6 Å². The summed E-state index contributed by atoms with van der Waals surface area (Å²) in [6.45, 7) is 0. The number of halogens is 4. The number of nitrogens with two attached hydrogens (primary N) is 1. The second-order valence-corrected chi connectivity index (χ2v) is 9.41. The van der Waals surface area contributed by atoms with Crippen molar-refractivity contribution in [3.63, 3.8) is 0 Å². The fourth-order valence-corrected chi connectivity index (χ4v) is 4.65. The van der Waals surface area contributed by atoms with E-state index in [1.807, 2.05) is 6.07 Å². The number of fused-ring (bicyclic) bond motifs is 1. The number of hydrogen-bond acceptors (Lipinski definition) is 4. The quantitative estimate of drug-likeness (QED) is 0.351. The number of anilines is 1. The van der Waals surface area contributed by atoms with Gasteiger partial charge in [0.1, 0.15) is 27.8 Å². The molecule has 2 unspecified atom stereocenters. The second kappa shape index (κ2) is 9.34. The molecule has 2 heterocycles. The van der Waals surface area contributed by atoms with Crippen LogP contribution in [0.5, 0.6) is 0 Å². The van der Waals surface area contributed by atoms with E-state index in [2.05, 4.69) is 14.8 Å². The van der Waals surface area contributed by atoms with Gasteiger partial charge in [-0.15, -0.1) is 0 Å². The van der Waals surface area contributed by atoms with Gasteiger partial charge in [-0.25, -0.2) is 18.0 Å². The Balaban J connectivity index is 1.86.